The number of carbonyl (C=O) groups is 2. The molecular formula is C14H19NO4. The molecular weight excluding hydrogens is 246 g/mol. The number of carboxylic acids is 2. The van der Waals surface area contributed by atoms with Gasteiger partial charge in [0.2, 0.25) is 0 Å². The van der Waals surface area contributed by atoms with Crippen molar-refractivity contribution >= 4 is 11.9 Å². The minimum absolute atomic E-state index is 0. The molecule has 0 heterocycles. The van der Waals surface area contributed by atoms with Crippen molar-refractivity contribution < 1.29 is 19.8 Å². The van der Waals surface area contributed by atoms with Crippen LogP contribution in [0.3, 0.4) is 0 Å². The van der Waals surface area contributed by atoms with Gasteiger partial charge in [0.15, 0.2) is 0 Å². The number of aryl methyl sites for hydroxylation is 1. The lowest BCUT2D eigenvalue weighted by Gasteiger charge is -2.27. The van der Waals surface area contributed by atoms with Gasteiger partial charge in [-0.15, -0.1) is 0 Å². The predicted octanol–water partition coefficient (Wildman–Crippen LogP) is 2.53. The Bertz CT molecular complexity index is 518. The molecule has 5 N–H and O–H groups in total. The Morgan fingerprint density at radius 3 is 2.11 bits per heavy atom. The molecule has 0 fully saturated rings. The Labute approximate surface area is 112 Å². The maximum atomic E-state index is 11.2. The molecule has 5 nitrogen and oxygen atoms in total. The molecule has 0 aliphatic heterocycles. The fourth-order valence-corrected chi connectivity index (χ4v) is 2.05. The molecule has 0 aliphatic carbocycles. The maximum absolute atomic E-state index is 11.2. The van der Waals surface area contributed by atoms with Gasteiger partial charge in [0.1, 0.15) is 0 Å². The van der Waals surface area contributed by atoms with E-state index in [0.29, 0.717) is 0 Å². The second-order valence-electron chi connectivity index (χ2n) is 4.64. The number of hydrogen-bond donors (Lipinski definition) is 3. The van der Waals surface area contributed by atoms with Crippen LogP contribution in [0.25, 0.3) is 0 Å². The minimum atomic E-state index is -1.26. The Morgan fingerprint density at radius 2 is 1.68 bits per heavy atom. The number of rotatable bonds is 4. The van der Waals surface area contributed by atoms with Gasteiger partial charge in [-0.3, -0.25) is 0 Å². The Hall–Kier alpha value is -2.14. The maximum Gasteiger partial charge on any atom is 0.332 e. The van der Waals surface area contributed by atoms with Crippen LogP contribution in [0.15, 0.2) is 35.9 Å². The third-order valence-electron chi connectivity index (χ3n) is 2.99. The lowest BCUT2D eigenvalue weighted by molar-refractivity contribution is -0.135. The molecule has 1 aromatic carbocycles. The normalized spacial score (nSPS) is 11.6. The van der Waals surface area contributed by atoms with E-state index in [1.54, 1.807) is 13.8 Å². The summed E-state index contributed by atoms with van der Waals surface area (Å²) in [5.74, 6) is -2.47. The average molecular weight is 265 g/mol. The first-order valence-corrected chi connectivity index (χ1v) is 5.51. The van der Waals surface area contributed by atoms with E-state index in [-0.39, 0.29) is 11.7 Å². The summed E-state index contributed by atoms with van der Waals surface area (Å²) in [4.78, 5) is 22.0. The monoisotopic (exact) mass is 265 g/mol. The molecule has 1 aromatic rings. The van der Waals surface area contributed by atoms with Crippen molar-refractivity contribution in [1.82, 2.24) is 6.15 Å². The minimum Gasteiger partial charge on any atom is -0.478 e. The fourth-order valence-electron chi connectivity index (χ4n) is 2.05. The van der Waals surface area contributed by atoms with Crippen molar-refractivity contribution in [3.05, 3.63) is 47.0 Å². The Kier molecular flexibility index (Phi) is 5.46. The van der Waals surface area contributed by atoms with Crippen LogP contribution in [-0.2, 0) is 15.0 Å². The molecule has 0 aromatic heterocycles. The van der Waals surface area contributed by atoms with E-state index in [9.17, 15) is 14.7 Å². The van der Waals surface area contributed by atoms with Gasteiger partial charge in [0.05, 0.1) is 5.57 Å². The van der Waals surface area contributed by atoms with Gasteiger partial charge >= 0.3 is 11.9 Å². The molecule has 0 aliphatic rings. The zero-order valence-electron chi connectivity index (χ0n) is 11.3. The number of benzene rings is 1. The summed E-state index contributed by atoms with van der Waals surface area (Å²) in [6, 6.07) is 7.35. The molecule has 0 saturated carbocycles. The van der Waals surface area contributed by atoms with E-state index < -0.39 is 17.4 Å². The molecule has 0 spiro atoms. The summed E-state index contributed by atoms with van der Waals surface area (Å²) in [6.07, 6.45) is 0.759. The summed E-state index contributed by atoms with van der Waals surface area (Å²) in [6.45, 7) is 5.29. The molecule has 104 valence electrons. The fraction of sp³-hybridized carbons (Fsp3) is 0.286. The van der Waals surface area contributed by atoms with Crippen LogP contribution in [0, 0.1) is 6.92 Å². The first kappa shape index (κ1) is 16.9. The van der Waals surface area contributed by atoms with Crippen molar-refractivity contribution in [2.45, 2.75) is 26.2 Å². The van der Waals surface area contributed by atoms with Gasteiger partial charge < -0.3 is 16.4 Å². The van der Waals surface area contributed by atoms with E-state index in [4.69, 9.17) is 5.11 Å². The molecule has 0 bridgehead atoms. The SMILES string of the molecule is Cc1ccccc1C(C)(C)/C(=C/C(=O)O)C(=O)O.N. The number of hydrogen-bond acceptors (Lipinski definition) is 3. The van der Waals surface area contributed by atoms with Gasteiger partial charge in [-0.25, -0.2) is 9.59 Å². The van der Waals surface area contributed by atoms with Gasteiger partial charge in [0, 0.05) is 11.5 Å². The van der Waals surface area contributed by atoms with Crippen LogP contribution in [-0.4, -0.2) is 22.2 Å². The summed E-state index contributed by atoms with van der Waals surface area (Å²) in [5.41, 5.74) is 0.736. The molecule has 19 heavy (non-hydrogen) atoms. The molecule has 0 amide bonds. The second kappa shape index (κ2) is 6.15. The quantitative estimate of drug-likeness (QED) is 0.724. The lowest BCUT2D eigenvalue weighted by Crippen LogP contribution is -2.27. The third-order valence-corrected chi connectivity index (χ3v) is 2.99. The van der Waals surface area contributed by atoms with Gasteiger partial charge in [-0.1, -0.05) is 38.1 Å². The van der Waals surface area contributed by atoms with Crippen LogP contribution in [0.1, 0.15) is 25.0 Å². The van der Waals surface area contributed by atoms with Crippen molar-refractivity contribution in [1.29, 1.82) is 0 Å². The van der Waals surface area contributed by atoms with Crippen molar-refractivity contribution in [3.8, 4) is 0 Å². The lowest BCUT2D eigenvalue weighted by atomic mass is 9.75. The van der Waals surface area contributed by atoms with Crippen LogP contribution in [0.5, 0.6) is 0 Å². The zero-order chi connectivity index (χ0) is 13.9. The van der Waals surface area contributed by atoms with Crippen LogP contribution in [0.4, 0.5) is 0 Å². The van der Waals surface area contributed by atoms with E-state index in [0.717, 1.165) is 17.2 Å². The standard InChI is InChI=1S/C14H16O4.H3N/c1-9-6-4-5-7-10(9)14(2,3)11(13(17)18)8-12(15)16;/h4-8H,1-3H3,(H,15,16)(H,17,18);1H3/b11-8+;. The van der Waals surface area contributed by atoms with Gasteiger partial charge in [-0.2, -0.15) is 0 Å². The first-order chi connectivity index (χ1) is 8.26. The average Bonchev–Trinajstić information content (AvgIpc) is 2.25. The molecule has 5 heteroatoms. The van der Waals surface area contributed by atoms with E-state index in [2.05, 4.69) is 0 Å². The van der Waals surface area contributed by atoms with E-state index in [1.807, 2.05) is 31.2 Å². The first-order valence-electron chi connectivity index (χ1n) is 5.51. The highest BCUT2D eigenvalue weighted by Gasteiger charge is 2.32. The summed E-state index contributed by atoms with van der Waals surface area (Å²) >= 11 is 0. The summed E-state index contributed by atoms with van der Waals surface area (Å²) < 4.78 is 0. The highest BCUT2D eigenvalue weighted by atomic mass is 16.4. The predicted molar refractivity (Wildman–Crippen MR) is 72.6 cm³/mol. The van der Waals surface area contributed by atoms with Crippen LogP contribution in [0.2, 0.25) is 0 Å². The van der Waals surface area contributed by atoms with Crippen LogP contribution < -0.4 is 6.15 Å². The van der Waals surface area contributed by atoms with Gasteiger partial charge in [-0.05, 0) is 18.1 Å². The molecule has 0 radical (unpaired) electrons. The number of aliphatic carboxylic acids is 2. The molecule has 0 saturated heterocycles. The van der Waals surface area contributed by atoms with Crippen LogP contribution >= 0.6 is 0 Å². The van der Waals surface area contributed by atoms with E-state index in [1.165, 1.54) is 0 Å². The largest absolute Gasteiger partial charge is 0.478 e. The highest BCUT2D eigenvalue weighted by molar-refractivity contribution is 5.96. The zero-order valence-corrected chi connectivity index (χ0v) is 11.3. The Balaban J connectivity index is 0.00000324. The molecule has 1 rings (SSSR count). The smallest absolute Gasteiger partial charge is 0.332 e. The Morgan fingerprint density at radius 1 is 1.16 bits per heavy atom. The number of carboxylic acid groups (broad SMARTS) is 2. The molecule has 0 unspecified atom stereocenters. The van der Waals surface area contributed by atoms with E-state index >= 15 is 0 Å². The molecule has 0 atom stereocenters. The van der Waals surface area contributed by atoms with Crippen molar-refractivity contribution in [3.63, 3.8) is 0 Å². The topological polar surface area (TPSA) is 110 Å². The summed E-state index contributed by atoms with van der Waals surface area (Å²) in [7, 11) is 0. The van der Waals surface area contributed by atoms with Crippen molar-refractivity contribution in [2.24, 2.45) is 0 Å². The third kappa shape index (κ3) is 3.66. The highest BCUT2D eigenvalue weighted by Crippen LogP contribution is 2.33. The summed E-state index contributed by atoms with van der Waals surface area (Å²) in [5, 5.41) is 18.0. The van der Waals surface area contributed by atoms with Gasteiger partial charge in [0.25, 0.3) is 0 Å². The second-order valence-corrected chi connectivity index (χ2v) is 4.64. The van der Waals surface area contributed by atoms with Crippen molar-refractivity contribution in [2.75, 3.05) is 0 Å².